The van der Waals surface area contributed by atoms with Crippen LogP contribution in [0.25, 0.3) is 11.2 Å². The average Bonchev–Trinajstić information content (AvgIpc) is 3.33. The van der Waals surface area contributed by atoms with E-state index in [9.17, 15) is 9.59 Å². The molecule has 0 spiro atoms. The fourth-order valence-electron chi connectivity index (χ4n) is 3.60. The molecule has 10 nitrogen and oxygen atoms in total. The second kappa shape index (κ2) is 9.30. The number of aromatic nitrogens is 4. The highest BCUT2D eigenvalue weighted by molar-refractivity contribution is 5.95. The van der Waals surface area contributed by atoms with Crippen molar-refractivity contribution in [1.82, 2.24) is 19.1 Å². The van der Waals surface area contributed by atoms with Gasteiger partial charge in [0.25, 0.3) is 11.5 Å². The number of amides is 1. The molecule has 2 aromatic heterocycles. The number of nitrogens with two attached hydrogens (primary N) is 2. The maximum Gasteiger partial charge on any atom is 0.306 e. The Hall–Kier alpha value is -3.55. The molecule has 11 heteroatoms. The first kappa shape index (κ1) is 23.1. The van der Waals surface area contributed by atoms with Crippen LogP contribution in [0.1, 0.15) is 23.7 Å². The van der Waals surface area contributed by atoms with Gasteiger partial charge in [-0.25, -0.2) is 0 Å². The fourth-order valence-corrected chi connectivity index (χ4v) is 3.60. The van der Waals surface area contributed by atoms with Gasteiger partial charge in [-0.15, -0.1) is 18.3 Å². The molecule has 1 aromatic carbocycles. The van der Waals surface area contributed by atoms with Gasteiger partial charge in [0.05, 0.1) is 12.1 Å². The highest BCUT2D eigenvalue weighted by atomic mass is 35.5. The van der Waals surface area contributed by atoms with E-state index in [2.05, 4.69) is 21.8 Å². The molecule has 0 saturated carbocycles. The van der Waals surface area contributed by atoms with Gasteiger partial charge in [0.2, 0.25) is 5.95 Å². The molecule has 0 bridgehead atoms. The van der Waals surface area contributed by atoms with Crippen LogP contribution in [0.4, 0.5) is 5.95 Å². The van der Waals surface area contributed by atoms with E-state index in [1.165, 1.54) is 4.57 Å². The van der Waals surface area contributed by atoms with Gasteiger partial charge >= 0.3 is 6.01 Å². The molecule has 1 amide bonds. The van der Waals surface area contributed by atoms with Crippen LogP contribution >= 0.6 is 12.4 Å². The lowest BCUT2D eigenvalue weighted by Crippen LogP contribution is -2.29. The zero-order chi connectivity index (χ0) is 22.1. The van der Waals surface area contributed by atoms with Crippen LogP contribution < -0.4 is 26.7 Å². The molecule has 4 rings (SSSR count). The number of para-hydroxylation sites is 1. The van der Waals surface area contributed by atoms with Crippen LogP contribution in [0.5, 0.6) is 11.8 Å². The van der Waals surface area contributed by atoms with Gasteiger partial charge in [-0.2, -0.15) is 9.97 Å². The summed E-state index contributed by atoms with van der Waals surface area (Å²) in [5, 5.41) is 0. The van der Waals surface area contributed by atoms with Crippen molar-refractivity contribution in [1.29, 1.82) is 0 Å². The summed E-state index contributed by atoms with van der Waals surface area (Å²) < 4.78 is 8.84. The summed E-state index contributed by atoms with van der Waals surface area (Å²) in [6.07, 6.45) is 0.840. The summed E-state index contributed by atoms with van der Waals surface area (Å²) in [5.41, 5.74) is 11.9. The first-order chi connectivity index (χ1) is 14.9. The summed E-state index contributed by atoms with van der Waals surface area (Å²) in [7, 11) is 1.55. The first-order valence-electron chi connectivity index (χ1n) is 9.84. The quantitative estimate of drug-likeness (QED) is 0.546. The van der Waals surface area contributed by atoms with Crippen LogP contribution in [0.15, 0.2) is 29.1 Å². The molecule has 1 atom stereocenters. The lowest BCUT2D eigenvalue weighted by atomic mass is 10.2. The highest BCUT2D eigenvalue weighted by Crippen LogP contribution is 2.26. The van der Waals surface area contributed by atoms with E-state index in [4.69, 9.17) is 16.2 Å². The van der Waals surface area contributed by atoms with Crippen LogP contribution in [0.2, 0.25) is 0 Å². The number of halogens is 1. The number of hydrogen-bond donors (Lipinski definition) is 2. The number of benzene rings is 1. The smallest absolute Gasteiger partial charge is 0.306 e. The van der Waals surface area contributed by atoms with Crippen LogP contribution in [-0.4, -0.2) is 44.1 Å². The Morgan fingerprint density at radius 1 is 1.31 bits per heavy atom. The van der Waals surface area contributed by atoms with Crippen molar-refractivity contribution in [3.8, 4) is 23.6 Å². The Balaban J connectivity index is 0.00000289. The van der Waals surface area contributed by atoms with E-state index in [1.807, 2.05) is 4.90 Å². The van der Waals surface area contributed by atoms with Gasteiger partial charge in [-0.05, 0) is 25.5 Å². The fraction of sp³-hybridized carbons (Fsp3) is 0.333. The molecule has 32 heavy (non-hydrogen) atoms. The third-order valence-electron chi connectivity index (χ3n) is 5.20. The first-order valence-corrected chi connectivity index (χ1v) is 9.84. The van der Waals surface area contributed by atoms with Crippen LogP contribution in [-0.2, 0) is 13.6 Å². The number of ether oxygens (including phenoxy) is 1. The van der Waals surface area contributed by atoms with E-state index in [-0.39, 0.29) is 47.0 Å². The van der Waals surface area contributed by atoms with Crippen molar-refractivity contribution in [2.45, 2.75) is 25.9 Å². The summed E-state index contributed by atoms with van der Waals surface area (Å²) >= 11 is 0. The Kier molecular flexibility index (Phi) is 6.72. The SMILES string of the molecule is CC#CCn1c(N2CCC(N)C2)nc2nc(Oc3ccccc3C(N)=O)n(C)c(=O)c21.Cl. The van der Waals surface area contributed by atoms with Gasteiger partial charge in [0.1, 0.15) is 5.75 Å². The molecule has 1 unspecified atom stereocenters. The van der Waals surface area contributed by atoms with Crippen molar-refractivity contribution in [2.75, 3.05) is 18.0 Å². The van der Waals surface area contributed by atoms with E-state index < -0.39 is 5.91 Å². The normalized spacial score (nSPS) is 15.2. The zero-order valence-corrected chi connectivity index (χ0v) is 18.6. The number of rotatable bonds is 5. The molecule has 3 aromatic rings. The average molecular weight is 458 g/mol. The molecule has 1 aliphatic rings. The largest absolute Gasteiger partial charge is 0.425 e. The highest BCUT2D eigenvalue weighted by Gasteiger charge is 2.27. The Bertz CT molecular complexity index is 1290. The molecule has 1 saturated heterocycles. The van der Waals surface area contributed by atoms with Gasteiger partial charge in [-0.1, -0.05) is 18.1 Å². The van der Waals surface area contributed by atoms with Crippen molar-refractivity contribution in [3.05, 3.63) is 40.2 Å². The minimum absolute atomic E-state index is 0. The van der Waals surface area contributed by atoms with E-state index in [1.54, 1.807) is 42.8 Å². The number of hydrogen-bond acceptors (Lipinski definition) is 7. The van der Waals surface area contributed by atoms with Crippen molar-refractivity contribution < 1.29 is 9.53 Å². The summed E-state index contributed by atoms with van der Waals surface area (Å²) in [4.78, 5) is 36.0. The molecule has 4 N–H and O–H groups in total. The minimum atomic E-state index is -0.642. The number of anilines is 1. The number of imidazole rings is 1. The predicted octanol–water partition coefficient (Wildman–Crippen LogP) is 1.00. The predicted molar refractivity (Wildman–Crippen MR) is 123 cm³/mol. The number of carbonyl (C=O) groups is 1. The van der Waals surface area contributed by atoms with Gasteiger partial charge in [0, 0.05) is 26.2 Å². The second-order valence-electron chi connectivity index (χ2n) is 7.31. The number of nitrogens with zero attached hydrogens (tertiary/aromatic N) is 5. The molecule has 168 valence electrons. The summed E-state index contributed by atoms with van der Waals surface area (Å²) in [6.45, 7) is 3.41. The Labute approximate surface area is 190 Å². The van der Waals surface area contributed by atoms with Gasteiger partial charge in [-0.3, -0.25) is 18.7 Å². The Morgan fingerprint density at radius 2 is 2.06 bits per heavy atom. The molecular weight excluding hydrogens is 434 g/mol. The molecule has 3 heterocycles. The van der Waals surface area contributed by atoms with Crippen LogP contribution in [0.3, 0.4) is 0 Å². The lowest BCUT2D eigenvalue weighted by molar-refractivity contribution is 0.0998. The second-order valence-corrected chi connectivity index (χ2v) is 7.31. The molecule has 0 aliphatic carbocycles. The van der Waals surface area contributed by atoms with Crippen molar-refractivity contribution in [3.63, 3.8) is 0 Å². The van der Waals surface area contributed by atoms with Gasteiger partial charge < -0.3 is 21.1 Å². The molecular formula is C21H24ClN7O3. The van der Waals surface area contributed by atoms with Crippen LogP contribution in [0, 0.1) is 11.8 Å². The Morgan fingerprint density at radius 3 is 2.72 bits per heavy atom. The molecule has 1 fully saturated rings. The van der Waals surface area contributed by atoms with E-state index >= 15 is 0 Å². The number of carbonyl (C=O) groups excluding carboxylic acids is 1. The topological polar surface area (TPSA) is 134 Å². The lowest BCUT2D eigenvalue weighted by Gasteiger charge is -2.17. The maximum absolute atomic E-state index is 13.2. The van der Waals surface area contributed by atoms with E-state index in [0.29, 0.717) is 24.6 Å². The summed E-state index contributed by atoms with van der Waals surface area (Å²) in [6, 6.07) is 6.55. The summed E-state index contributed by atoms with van der Waals surface area (Å²) in [5.74, 6) is 6.02. The number of fused-ring (bicyclic) bond motifs is 1. The zero-order valence-electron chi connectivity index (χ0n) is 17.7. The maximum atomic E-state index is 13.2. The van der Waals surface area contributed by atoms with Gasteiger partial charge in [0.15, 0.2) is 11.2 Å². The third kappa shape index (κ3) is 4.12. The standard InChI is InChI=1S/C21H23N7O3.ClH/c1-3-4-10-28-16-18(24-20(28)27-11-9-13(22)12-27)25-21(26(2)19(16)30)31-15-8-6-5-7-14(15)17(23)29;/h5-8,13H,9-12,22H2,1-2H3,(H2,23,29);1H. The molecule has 1 aliphatic heterocycles. The van der Waals surface area contributed by atoms with Crippen molar-refractivity contribution in [2.24, 2.45) is 18.5 Å². The van der Waals surface area contributed by atoms with Crippen molar-refractivity contribution >= 4 is 35.4 Å². The van der Waals surface area contributed by atoms with E-state index in [0.717, 1.165) is 13.0 Å². The minimum Gasteiger partial charge on any atom is -0.425 e. The third-order valence-corrected chi connectivity index (χ3v) is 5.20. The monoisotopic (exact) mass is 457 g/mol. The molecule has 0 radical (unpaired) electrons. The number of primary amides is 1.